The molecule has 0 aliphatic carbocycles. The van der Waals surface area contributed by atoms with Gasteiger partial charge in [0.25, 0.3) is 0 Å². The smallest absolute Gasteiger partial charge is 0.142 e. The maximum absolute atomic E-state index is 4.82. The van der Waals surface area contributed by atoms with Crippen LogP contribution in [0.25, 0.3) is 0 Å². The summed E-state index contributed by atoms with van der Waals surface area (Å²) in [5.41, 5.74) is 0. The summed E-state index contributed by atoms with van der Waals surface area (Å²) in [7, 11) is 2.80. The standard InChI is InChI=1S/CH8OSi2.H6OSi2/c1-4-2-3;2-1-3/h4H2,1,3H3;2-3H3. The minimum atomic E-state index is -0.0139. The molecule has 0 amide bonds. The van der Waals surface area contributed by atoms with Gasteiger partial charge >= 0.3 is 0 Å². The van der Waals surface area contributed by atoms with Crippen molar-refractivity contribution in [2.45, 2.75) is 6.55 Å². The zero-order valence-electron chi connectivity index (χ0n) is 5.52. The van der Waals surface area contributed by atoms with E-state index in [2.05, 4.69) is 10.7 Å². The van der Waals surface area contributed by atoms with E-state index in [0.717, 1.165) is 31.5 Å². The van der Waals surface area contributed by atoms with Crippen molar-refractivity contribution in [3.8, 4) is 0 Å². The molecule has 0 aromatic carbocycles. The fraction of sp³-hybridized carbons (Fsp3) is 1.00. The van der Waals surface area contributed by atoms with Gasteiger partial charge in [-0.05, 0) is 0 Å². The van der Waals surface area contributed by atoms with Crippen LogP contribution in [0.4, 0.5) is 0 Å². The van der Waals surface area contributed by atoms with E-state index in [1.807, 2.05) is 0 Å². The molecular formula is CH14O2Si4. The number of hydrogen-bond donors (Lipinski definition) is 0. The Kier molecular flexibility index (Phi) is 24.3. The summed E-state index contributed by atoms with van der Waals surface area (Å²) in [6.07, 6.45) is 0. The molecule has 46 valence electrons. The molecule has 0 unspecified atom stereocenters. The van der Waals surface area contributed by atoms with Crippen molar-refractivity contribution >= 4 is 41.2 Å². The Morgan fingerprint density at radius 3 is 1.43 bits per heavy atom. The molecule has 0 spiro atoms. The minimum Gasteiger partial charge on any atom is -0.471 e. The van der Waals surface area contributed by atoms with Crippen LogP contribution in [0.15, 0.2) is 0 Å². The Morgan fingerprint density at radius 2 is 1.43 bits per heavy atom. The van der Waals surface area contributed by atoms with E-state index < -0.39 is 0 Å². The van der Waals surface area contributed by atoms with E-state index in [4.69, 9.17) is 4.12 Å². The zero-order valence-corrected chi connectivity index (χ0v) is 12.9. The molecule has 0 saturated carbocycles. The lowest BCUT2D eigenvalue weighted by atomic mass is 11.9. The summed E-state index contributed by atoms with van der Waals surface area (Å²) in [5.74, 6) is 0. The first-order valence-electron chi connectivity index (χ1n) is 2.22. The summed E-state index contributed by atoms with van der Waals surface area (Å²) in [6.45, 7) is 2.13. The van der Waals surface area contributed by atoms with Gasteiger partial charge in [-0.3, -0.25) is 0 Å². The van der Waals surface area contributed by atoms with Crippen molar-refractivity contribution in [2.24, 2.45) is 0 Å². The summed E-state index contributed by atoms with van der Waals surface area (Å²) in [6, 6.07) is 0. The van der Waals surface area contributed by atoms with E-state index >= 15 is 0 Å². The lowest BCUT2D eigenvalue weighted by Crippen LogP contribution is -1.82. The molecule has 7 heavy (non-hydrogen) atoms. The maximum Gasteiger partial charge on any atom is 0.142 e. The SMILES string of the molecule is C[SiH2]O[SiH3].[SiH3]O[SiH3]. The van der Waals surface area contributed by atoms with Crippen LogP contribution in [0.1, 0.15) is 0 Å². The molecular weight excluding hydrogens is 156 g/mol. The molecule has 0 aliphatic rings. The normalized spacial score (nSPS) is 9.86. The summed E-state index contributed by atoms with van der Waals surface area (Å²) >= 11 is 0. The third-order valence-electron chi connectivity index (χ3n) is 0.289. The minimum absolute atomic E-state index is 0.0139. The summed E-state index contributed by atoms with van der Waals surface area (Å²) in [5, 5.41) is 0. The molecule has 0 aromatic heterocycles. The van der Waals surface area contributed by atoms with Crippen molar-refractivity contribution in [1.29, 1.82) is 0 Å². The van der Waals surface area contributed by atoms with E-state index in [1.165, 1.54) is 0 Å². The van der Waals surface area contributed by atoms with Crippen LogP contribution in [-0.2, 0) is 8.23 Å². The fourth-order valence-corrected chi connectivity index (χ4v) is 0. The molecule has 0 fully saturated rings. The second kappa shape index (κ2) is 15.8. The summed E-state index contributed by atoms with van der Waals surface area (Å²) in [4.78, 5) is 0. The van der Waals surface area contributed by atoms with Crippen LogP contribution in [-0.4, -0.2) is 41.2 Å². The maximum atomic E-state index is 4.82. The Balaban J connectivity index is 0. The van der Waals surface area contributed by atoms with Gasteiger partial charge in [0, 0.05) is 0 Å². The number of hydrogen-bond acceptors (Lipinski definition) is 2. The average molecular weight is 170 g/mol. The number of rotatable bonds is 1. The van der Waals surface area contributed by atoms with Gasteiger partial charge in [0.1, 0.15) is 41.2 Å². The van der Waals surface area contributed by atoms with Crippen LogP contribution < -0.4 is 0 Å². The van der Waals surface area contributed by atoms with Gasteiger partial charge in [0.05, 0.1) is 0 Å². The van der Waals surface area contributed by atoms with Crippen LogP contribution >= 0.6 is 0 Å². The van der Waals surface area contributed by atoms with Crippen LogP contribution in [0.2, 0.25) is 6.55 Å². The Bertz CT molecular complexity index is 17.2. The second-order valence-corrected chi connectivity index (χ2v) is 7.14. The van der Waals surface area contributed by atoms with E-state index in [0.29, 0.717) is 0 Å². The predicted octanol–water partition coefficient (Wildman–Crippen LogP) is -4.02. The molecule has 0 atom stereocenters. The third kappa shape index (κ3) is 48.7. The highest BCUT2D eigenvalue weighted by molar-refractivity contribution is 6.32. The molecule has 0 N–H and O–H groups in total. The van der Waals surface area contributed by atoms with Crippen LogP contribution in [0, 0.1) is 0 Å². The Labute approximate surface area is 56.6 Å². The van der Waals surface area contributed by atoms with Crippen molar-refractivity contribution in [3.63, 3.8) is 0 Å². The lowest BCUT2D eigenvalue weighted by Gasteiger charge is -1.76. The molecule has 0 aliphatic heterocycles. The van der Waals surface area contributed by atoms with Gasteiger partial charge < -0.3 is 8.23 Å². The van der Waals surface area contributed by atoms with Gasteiger partial charge in [-0.2, -0.15) is 0 Å². The molecule has 6 heteroatoms. The van der Waals surface area contributed by atoms with Crippen LogP contribution in [0.3, 0.4) is 0 Å². The lowest BCUT2D eigenvalue weighted by molar-refractivity contribution is 0.671. The van der Waals surface area contributed by atoms with Crippen LogP contribution in [0.5, 0.6) is 0 Å². The quantitative estimate of drug-likeness (QED) is 0.373. The average Bonchev–Trinajstić information content (AvgIpc) is 1.69. The largest absolute Gasteiger partial charge is 0.471 e. The third-order valence-corrected chi connectivity index (χ3v) is 2.60. The van der Waals surface area contributed by atoms with Gasteiger partial charge in [-0.25, -0.2) is 0 Å². The monoisotopic (exact) mass is 170 g/mol. The van der Waals surface area contributed by atoms with Crippen molar-refractivity contribution < 1.29 is 8.23 Å². The molecule has 0 rings (SSSR count). The molecule has 2 nitrogen and oxygen atoms in total. The highest BCUT2D eigenvalue weighted by Crippen LogP contribution is 1.45. The Hall–Kier alpha value is 0.788. The highest BCUT2D eigenvalue weighted by Gasteiger charge is 1.54. The molecule has 0 heterocycles. The first kappa shape index (κ1) is 10.7. The van der Waals surface area contributed by atoms with Crippen molar-refractivity contribution in [2.75, 3.05) is 0 Å². The van der Waals surface area contributed by atoms with E-state index in [1.54, 1.807) is 0 Å². The van der Waals surface area contributed by atoms with Gasteiger partial charge in [0.15, 0.2) is 0 Å². The Morgan fingerprint density at radius 1 is 1.29 bits per heavy atom. The topological polar surface area (TPSA) is 18.5 Å². The second-order valence-electron chi connectivity index (χ2n) is 0.986. The first-order valence-corrected chi connectivity index (χ1v) is 6.66. The fourth-order valence-electron chi connectivity index (χ4n) is 0. The molecule has 0 saturated heterocycles. The predicted molar refractivity (Wildman–Crippen MR) is 46.4 cm³/mol. The molecule has 0 bridgehead atoms. The van der Waals surface area contributed by atoms with E-state index in [9.17, 15) is 0 Å². The molecule has 0 radical (unpaired) electrons. The summed E-state index contributed by atoms with van der Waals surface area (Å²) < 4.78 is 9.35. The van der Waals surface area contributed by atoms with E-state index in [-0.39, 0.29) is 9.76 Å². The molecule has 0 aromatic rings. The van der Waals surface area contributed by atoms with Gasteiger partial charge in [0.2, 0.25) is 0 Å². The van der Waals surface area contributed by atoms with Crippen molar-refractivity contribution in [3.05, 3.63) is 0 Å². The first-order chi connectivity index (χ1) is 3.33. The zero-order chi connectivity index (χ0) is 6.12. The van der Waals surface area contributed by atoms with Gasteiger partial charge in [-0.15, -0.1) is 0 Å². The highest BCUT2D eigenvalue weighted by atomic mass is 28.3. The van der Waals surface area contributed by atoms with Crippen molar-refractivity contribution in [1.82, 2.24) is 0 Å². The van der Waals surface area contributed by atoms with Gasteiger partial charge in [-0.1, -0.05) is 6.55 Å².